The summed E-state index contributed by atoms with van der Waals surface area (Å²) in [6, 6.07) is 0. The monoisotopic (exact) mass is 267 g/mol. The molecule has 11 heteroatoms. The van der Waals surface area contributed by atoms with Crippen molar-refractivity contribution in [3.63, 3.8) is 0 Å². The van der Waals surface area contributed by atoms with Gasteiger partial charge in [0, 0.05) is 24.8 Å². The molecule has 10 N–H and O–H groups in total. The van der Waals surface area contributed by atoms with E-state index in [2.05, 4.69) is 0 Å². The first kappa shape index (κ1) is 29.9. The summed E-state index contributed by atoms with van der Waals surface area (Å²) in [6.45, 7) is 0. The Hall–Kier alpha value is -0.750. The molecule has 0 heterocycles. The van der Waals surface area contributed by atoms with Crippen LogP contribution in [0, 0.1) is 0 Å². The summed E-state index contributed by atoms with van der Waals surface area (Å²) in [6.07, 6.45) is -2.59. The fourth-order valence-corrected chi connectivity index (χ4v) is 0.691. The molecule has 0 spiro atoms. The van der Waals surface area contributed by atoms with Gasteiger partial charge in [0.2, 0.25) is 0 Å². The standard InChI is InChI=1S/C6H8O7.H3N.Na.2H2O/c7-3(8)1-6(13,5(11)12)2-4(9)10;;;;/h13H,1-2H2,(H,7,8)(H,9,10)(H,11,12);1H3;;2*1H2/q;;+1;;/p-1. The van der Waals surface area contributed by atoms with Crippen molar-refractivity contribution in [2.75, 3.05) is 0 Å². The number of carboxylic acid groups (broad SMARTS) is 3. The van der Waals surface area contributed by atoms with Crippen LogP contribution >= 0.6 is 0 Å². The normalized spacial score (nSPS) is 8.29. The zero-order valence-electron chi connectivity index (χ0n) is 9.35. The smallest absolute Gasteiger partial charge is 0.550 e. The van der Waals surface area contributed by atoms with Gasteiger partial charge >= 0.3 is 35.5 Å². The number of carbonyl (C=O) groups excluding carboxylic acids is 2. The third-order valence-corrected chi connectivity index (χ3v) is 1.27. The van der Waals surface area contributed by atoms with Crippen LogP contribution in [0.25, 0.3) is 0 Å². The van der Waals surface area contributed by atoms with Gasteiger partial charge in [-0.3, -0.25) is 0 Å². The van der Waals surface area contributed by atoms with E-state index in [-0.39, 0.29) is 46.7 Å². The minimum absolute atomic E-state index is 0. The molecule has 98 valence electrons. The molecule has 0 rings (SSSR count). The van der Waals surface area contributed by atoms with Gasteiger partial charge < -0.3 is 47.1 Å². The fraction of sp³-hybridized carbons (Fsp3) is 0.500. The van der Waals surface area contributed by atoms with Crippen LogP contribution in [-0.2, 0) is 14.4 Å². The molecule has 0 aromatic heterocycles. The molecule has 0 saturated carbocycles. The van der Waals surface area contributed by atoms with Crippen LogP contribution in [0.2, 0.25) is 0 Å². The average Bonchev–Trinajstić information content (AvgIpc) is 1.82. The number of aliphatic carboxylic acids is 3. The second-order valence-electron chi connectivity index (χ2n) is 2.43. The zero-order valence-corrected chi connectivity index (χ0v) is 11.3. The van der Waals surface area contributed by atoms with Gasteiger partial charge in [-0.25, -0.2) is 4.79 Å². The van der Waals surface area contributed by atoms with Crippen molar-refractivity contribution in [1.29, 1.82) is 0 Å². The maximum atomic E-state index is 10.3. The molecule has 0 unspecified atom stereocenters. The van der Waals surface area contributed by atoms with E-state index in [1.54, 1.807) is 0 Å². The number of hydrogen-bond acceptors (Lipinski definition) is 6. The summed E-state index contributed by atoms with van der Waals surface area (Å²) in [5.41, 5.74) is -2.86. The van der Waals surface area contributed by atoms with Crippen LogP contribution in [0.15, 0.2) is 0 Å². The third kappa shape index (κ3) is 11.5. The molecule has 0 aliphatic rings. The maximum absolute atomic E-state index is 10.3. The molecule has 17 heavy (non-hydrogen) atoms. The summed E-state index contributed by atoms with van der Waals surface area (Å²) in [7, 11) is 0. The fourth-order valence-electron chi connectivity index (χ4n) is 0.691. The predicted octanol–water partition coefficient (Wildman–Crippen LogP) is -8.19. The number of carboxylic acids is 3. The van der Waals surface area contributed by atoms with Crippen molar-refractivity contribution in [3.8, 4) is 0 Å². The molecule has 0 aromatic rings. The van der Waals surface area contributed by atoms with Crippen LogP contribution < -0.4 is 45.9 Å². The molecule has 0 radical (unpaired) electrons. The van der Waals surface area contributed by atoms with Crippen LogP contribution in [0.1, 0.15) is 12.8 Å². The molecule has 0 aliphatic carbocycles. The van der Waals surface area contributed by atoms with Gasteiger partial charge in [-0.1, -0.05) is 0 Å². The van der Waals surface area contributed by atoms with Crippen molar-refractivity contribution in [3.05, 3.63) is 0 Å². The molecule has 0 atom stereocenters. The number of quaternary nitrogens is 1. The quantitative estimate of drug-likeness (QED) is 0.405. The van der Waals surface area contributed by atoms with Crippen molar-refractivity contribution in [2.24, 2.45) is 0 Å². The number of aliphatic hydroxyl groups is 1. The number of carbonyl (C=O) groups is 3. The van der Waals surface area contributed by atoms with E-state index in [1.165, 1.54) is 0 Å². The third-order valence-electron chi connectivity index (χ3n) is 1.27. The summed E-state index contributed by atoms with van der Waals surface area (Å²) >= 11 is 0. The Morgan fingerprint density at radius 3 is 1.35 bits per heavy atom. The summed E-state index contributed by atoms with van der Waals surface area (Å²) < 4.78 is 0. The minimum atomic E-state index is -2.86. The first-order valence-corrected chi connectivity index (χ1v) is 3.13. The Morgan fingerprint density at radius 1 is 1.00 bits per heavy atom. The molecule has 0 fully saturated rings. The van der Waals surface area contributed by atoms with Gasteiger partial charge in [0.05, 0.1) is 0 Å². The van der Waals surface area contributed by atoms with Crippen LogP contribution in [0.5, 0.6) is 0 Å². The maximum Gasteiger partial charge on any atom is 1.00 e. The van der Waals surface area contributed by atoms with E-state index in [0.29, 0.717) is 0 Å². The second-order valence-corrected chi connectivity index (χ2v) is 2.43. The van der Waals surface area contributed by atoms with Gasteiger partial charge in [0.15, 0.2) is 5.60 Å². The van der Waals surface area contributed by atoms with Crippen molar-refractivity contribution < 1.29 is 75.3 Å². The zero-order chi connectivity index (χ0) is 10.6. The van der Waals surface area contributed by atoms with Gasteiger partial charge in [0.1, 0.15) is 0 Å². The topological polar surface area (TPSA) is 237 Å². The van der Waals surface area contributed by atoms with Gasteiger partial charge in [-0.2, -0.15) is 0 Å². The van der Waals surface area contributed by atoms with Crippen molar-refractivity contribution in [1.82, 2.24) is 6.15 Å². The summed E-state index contributed by atoms with van der Waals surface area (Å²) in [4.78, 5) is 30.2. The Bertz CT molecular complexity index is 240. The largest absolute Gasteiger partial charge is 1.00 e. The molecule has 0 aromatic carbocycles. The van der Waals surface area contributed by atoms with Gasteiger partial charge in [0.25, 0.3) is 0 Å². The van der Waals surface area contributed by atoms with Gasteiger partial charge in [-0.15, -0.1) is 0 Å². The Morgan fingerprint density at radius 2 is 1.24 bits per heavy atom. The molecular weight excluding hydrogens is 253 g/mol. The molecule has 0 saturated heterocycles. The molecule has 0 aliphatic heterocycles. The van der Waals surface area contributed by atoms with Crippen LogP contribution in [0.4, 0.5) is 0 Å². The van der Waals surface area contributed by atoms with Gasteiger partial charge in [-0.05, 0) is 0 Å². The Kier molecular flexibility index (Phi) is 20.6. The molecule has 0 amide bonds. The van der Waals surface area contributed by atoms with E-state index < -0.39 is 36.4 Å². The first-order valence-electron chi connectivity index (χ1n) is 3.13. The van der Waals surface area contributed by atoms with E-state index >= 15 is 0 Å². The Labute approximate surface area is 118 Å². The SMILES string of the molecule is O.O.O=C([O-])CC(O)(CC(=O)[O-])C(=O)O.[NH4+].[Na+]. The predicted molar refractivity (Wildman–Crippen MR) is 45.0 cm³/mol. The molecule has 10 nitrogen and oxygen atoms in total. The van der Waals surface area contributed by atoms with Crippen molar-refractivity contribution in [2.45, 2.75) is 18.4 Å². The van der Waals surface area contributed by atoms with Crippen LogP contribution in [0.3, 0.4) is 0 Å². The van der Waals surface area contributed by atoms with Crippen LogP contribution in [-0.4, -0.2) is 44.7 Å². The molecular formula is C6H14NNaO9. The first-order chi connectivity index (χ1) is 5.78. The Balaban J connectivity index is -0.000000120. The van der Waals surface area contributed by atoms with E-state index in [1.807, 2.05) is 0 Å². The summed E-state index contributed by atoms with van der Waals surface area (Å²) in [5, 5.41) is 37.2. The molecule has 0 bridgehead atoms. The number of hydrogen-bond donors (Lipinski definition) is 3. The number of rotatable bonds is 5. The summed E-state index contributed by atoms with van der Waals surface area (Å²) in [5.74, 6) is -5.65. The van der Waals surface area contributed by atoms with Crippen molar-refractivity contribution >= 4 is 17.9 Å². The van der Waals surface area contributed by atoms with E-state index in [0.717, 1.165) is 0 Å². The minimum Gasteiger partial charge on any atom is -0.550 e. The van der Waals surface area contributed by atoms with E-state index in [4.69, 9.17) is 10.2 Å². The second kappa shape index (κ2) is 11.7. The average molecular weight is 267 g/mol. The van der Waals surface area contributed by atoms with E-state index in [9.17, 15) is 24.6 Å².